The molecule has 0 saturated carbocycles. The third kappa shape index (κ3) is 5.11. The molecule has 0 aliphatic carbocycles. The molecule has 122 valence electrons. The van der Waals surface area contributed by atoms with Gasteiger partial charge in [-0.3, -0.25) is 9.69 Å². The quantitative estimate of drug-likeness (QED) is 0.848. The average Bonchev–Trinajstić information content (AvgIpc) is 2.54. The van der Waals surface area contributed by atoms with Gasteiger partial charge >= 0.3 is 0 Å². The van der Waals surface area contributed by atoms with Crippen molar-refractivity contribution < 1.29 is 4.79 Å². The molecule has 2 atom stereocenters. The number of nitrogens with zero attached hydrogens (tertiary/aromatic N) is 1. The van der Waals surface area contributed by atoms with Crippen molar-refractivity contribution in [1.82, 2.24) is 10.2 Å². The second kappa shape index (κ2) is 8.30. The second-order valence-corrected chi connectivity index (χ2v) is 6.48. The lowest BCUT2D eigenvalue weighted by Gasteiger charge is -2.36. The summed E-state index contributed by atoms with van der Waals surface area (Å²) in [6.45, 7) is 6.27. The van der Waals surface area contributed by atoms with Crippen LogP contribution < -0.4 is 11.1 Å². The van der Waals surface area contributed by atoms with Gasteiger partial charge in [-0.05, 0) is 38.7 Å². The molecule has 0 bridgehead atoms. The third-order valence-electron chi connectivity index (χ3n) is 4.55. The van der Waals surface area contributed by atoms with Crippen LogP contribution in [0.25, 0.3) is 0 Å². The first-order valence-corrected chi connectivity index (χ1v) is 8.40. The van der Waals surface area contributed by atoms with Crippen molar-refractivity contribution in [2.75, 3.05) is 13.1 Å². The fourth-order valence-corrected chi connectivity index (χ4v) is 3.03. The predicted molar refractivity (Wildman–Crippen MR) is 90.5 cm³/mol. The van der Waals surface area contributed by atoms with Crippen molar-refractivity contribution in [3.05, 3.63) is 35.9 Å². The molecule has 1 heterocycles. The van der Waals surface area contributed by atoms with Crippen molar-refractivity contribution in [1.29, 1.82) is 0 Å². The minimum absolute atomic E-state index is 0.0966. The number of carbonyl (C=O) groups excluding carboxylic acids is 1. The Morgan fingerprint density at radius 3 is 2.50 bits per heavy atom. The molecule has 1 amide bonds. The maximum absolute atomic E-state index is 11.9. The maximum Gasteiger partial charge on any atom is 0.220 e. The highest BCUT2D eigenvalue weighted by Crippen LogP contribution is 2.24. The van der Waals surface area contributed by atoms with E-state index >= 15 is 0 Å². The van der Waals surface area contributed by atoms with Gasteiger partial charge in [0.05, 0.1) is 0 Å². The van der Waals surface area contributed by atoms with Crippen LogP contribution in [0, 0.1) is 0 Å². The Morgan fingerprint density at radius 1 is 1.27 bits per heavy atom. The number of piperidine rings is 1. The Balaban J connectivity index is 1.75. The number of carbonyl (C=O) groups is 1. The van der Waals surface area contributed by atoms with E-state index in [9.17, 15) is 4.79 Å². The van der Waals surface area contributed by atoms with Gasteiger partial charge in [0.15, 0.2) is 0 Å². The zero-order chi connectivity index (χ0) is 15.9. The highest BCUT2D eigenvalue weighted by molar-refractivity contribution is 5.76. The summed E-state index contributed by atoms with van der Waals surface area (Å²) < 4.78 is 0. The molecule has 1 aliphatic rings. The maximum atomic E-state index is 11.9. The Bertz CT molecular complexity index is 453. The van der Waals surface area contributed by atoms with E-state index in [-0.39, 0.29) is 11.9 Å². The second-order valence-electron chi connectivity index (χ2n) is 6.48. The summed E-state index contributed by atoms with van der Waals surface area (Å²) in [6.07, 6.45) is 3.36. The molecule has 2 rings (SSSR count). The van der Waals surface area contributed by atoms with E-state index in [1.807, 2.05) is 6.92 Å². The summed E-state index contributed by atoms with van der Waals surface area (Å²) in [5.74, 6) is 0.145. The summed E-state index contributed by atoms with van der Waals surface area (Å²) in [5.41, 5.74) is 7.06. The summed E-state index contributed by atoms with van der Waals surface area (Å²) in [4.78, 5) is 14.4. The number of hydrogen-bond donors (Lipinski definition) is 2. The van der Waals surface area contributed by atoms with Crippen molar-refractivity contribution in [3.63, 3.8) is 0 Å². The van der Waals surface area contributed by atoms with E-state index in [2.05, 4.69) is 47.5 Å². The Labute approximate surface area is 134 Å². The van der Waals surface area contributed by atoms with Crippen LogP contribution in [0.1, 0.15) is 51.1 Å². The smallest absolute Gasteiger partial charge is 0.220 e. The van der Waals surface area contributed by atoms with Gasteiger partial charge in [-0.25, -0.2) is 0 Å². The van der Waals surface area contributed by atoms with Crippen molar-refractivity contribution >= 4 is 5.91 Å². The van der Waals surface area contributed by atoms with Crippen LogP contribution in [0.5, 0.6) is 0 Å². The van der Waals surface area contributed by atoms with E-state index in [1.165, 1.54) is 5.56 Å². The molecule has 0 aromatic heterocycles. The molecule has 1 aromatic carbocycles. The van der Waals surface area contributed by atoms with Crippen molar-refractivity contribution in [2.45, 2.75) is 57.7 Å². The summed E-state index contributed by atoms with van der Waals surface area (Å²) in [5, 5.41) is 3.15. The molecule has 1 saturated heterocycles. The SMILES string of the molecule is CC(N)CCC(=O)NC1CCN(C(C)c2ccccc2)CC1. The number of rotatable bonds is 6. The van der Waals surface area contributed by atoms with Crippen molar-refractivity contribution in [3.8, 4) is 0 Å². The first kappa shape index (κ1) is 17.0. The molecule has 2 unspecified atom stereocenters. The molecule has 4 nitrogen and oxygen atoms in total. The molecule has 0 radical (unpaired) electrons. The van der Waals surface area contributed by atoms with Crippen LogP contribution in [0.3, 0.4) is 0 Å². The van der Waals surface area contributed by atoms with Gasteiger partial charge in [0.2, 0.25) is 5.91 Å². The Hall–Kier alpha value is -1.39. The lowest BCUT2D eigenvalue weighted by atomic mass is 10.00. The molecule has 0 spiro atoms. The van der Waals surface area contributed by atoms with Gasteiger partial charge in [0.1, 0.15) is 0 Å². The van der Waals surface area contributed by atoms with Gasteiger partial charge in [-0.2, -0.15) is 0 Å². The van der Waals surface area contributed by atoms with Crippen LogP contribution in [0.4, 0.5) is 0 Å². The standard InChI is InChI=1S/C18H29N3O/c1-14(19)8-9-18(22)20-17-10-12-21(13-11-17)15(2)16-6-4-3-5-7-16/h3-7,14-15,17H,8-13,19H2,1-2H3,(H,20,22). The molecule has 1 aromatic rings. The number of nitrogens with two attached hydrogens (primary N) is 1. The van der Waals surface area contributed by atoms with Gasteiger partial charge < -0.3 is 11.1 Å². The van der Waals surface area contributed by atoms with E-state index < -0.39 is 0 Å². The van der Waals surface area contributed by atoms with E-state index in [4.69, 9.17) is 5.73 Å². The van der Waals surface area contributed by atoms with E-state index in [0.29, 0.717) is 18.5 Å². The highest BCUT2D eigenvalue weighted by atomic mass is 16.1. The van der Waals surface area contributed by atoms with Crippen molar-refractivity contribution in [2.24, 2.45) is 5.73 Å². The molecule has 22 heavy (non-hydrogen) atoms. The van der Waals surface area contributed by atoms with Gasteiger partial charge in [-0.1, -0.05) is 30.3 Å². The normalized spacial score (nSPS) is 19.6. The van der Waals surface area contributed by atoms with Crippen LogP contribution in [0.2, 0.25) is 0 Å². The fraction of sp³-hybridized carbons (Fsp3) is 0.611. The Morgan fingerprint density at radius 2 is 1.91 bits per heavy atom. The molecule has 4 heteroatoms. The zero-order valence-corrected chi connectivity index (χ0v) is 13.8. The highest BCUT2D eigenvalue weighted by Gasteiger charge is 2.24. The molecular weight excluding hydrogens is 274 g/mol. The zero-order valence-electron chi connectivity index (χ0n) is 13.8. The Kier molecular flexibility index (Phi) is 6.40. The average molecular weight is 303 g/mol. The number of benzene rings is 1. The van der Waals surface area contributed by atoms with Crippen LogP contribution >= 0.6 is 0 Å². The largest absolute Gasteiger partial charge is 0.353 e. The minimum Gasteiger partial charge on any atom is -0.353 e. The minimum atomic E-state index is 0.0966. The topological polar surface area (TPSA) is 58.4 Å². The van der Waals surface area contributed by atoms with E-state index in [0.717, 1.165) is 32.4 Å². The first-order valence-electron chi connectivity index (χ1n) is 8.40. The predicted octanol–water partition coefficient (Wildman–Crippen LogP) is 2.46. The number of nitrogens with one attached hydrogen (secondary N) is 1. The first-order chi connectivity index (χ1) is 10.6. The van der Waals surface area contributed by atoms with Crippen LogP contribution in [-0.2, 0) is 4.79 Å². The molecule has 3 N–H and O–H groups in total. The summed E-state index contributed by atoms with van der Waals surface area (Å²) in [6, 6.07) is 11.5. The van der Waals surface area contributed by atoms with E-state index in [1.54, 1.807) is 0 Å². The molecular formula is C18H29N3O. The van der Waals surface area contributed by atoms with Crippen LogP contribution in [-0.4, -0.2) is 36.0 Å². The fourth-order valence-electron chi connectivity index (χ4n) is 3.03. The number of likely N-dealkylation sites (tertiary alicyclic amines) is 1. The number of hydrogen-bond acceptors (Lipinski definition) is 3. The van der Waals surface area contributed by atoms with Crippen LogP contribution in [0.15, 0.2) is 30.3 Å². The summed E-state index contributed by atoms with van der Waals surface area (Å²) in [7, 11) is 0. The van der Waals surface area contributed by atoms with Gasteiger partial charge in [0, 0.05) is 37.6 Å². The monoisotopic (exact) mass is 303 g/mol. The van der Waals surface area contributed by atoms with Gasteiger partial charge in [-0.15, -0.1) is 0 Å². The molecule has 1 fully saturated rings. The summed E-state index contributed by atoms with van der Waals surface area (Å²) >= 11 is 0. The number of amides is 1. The third-order valence-corrected chi connectivity index (χ3v) is 4.55. The van der Waals surface area contributed by atoms with Gasteiger partial charge in [0.25, 0.3) is 0 Å². The molecule has 1 aliphatic heterocycles. The lowest BCUT2D eigenvalue weighted by Crippen LogP contribution is -2.45. The lowest BCUT2D eigenvalue weighted by molar-refractivity contribution is -0.122.